The van der Waals surface area contributed by atoms with Crippen LogP contribution < -0.4 is 4.74 Å². The summed E-state index contributed by atoms with van der Waals surface area (Å²) in [5.41, 5.74) is 10.3. The van der Waals surface area contributed by atoms with Crippen molar-refractivity contribution < 1.29 is 68.6 Å². The van der Waals surface area contributed by atoms with Crippen molar-refractivity contribution in [3.63, 3.8) is 0 Å². The van der Waals surface area contributed by atoms with Crippen molar-refractivity contribution in [1.82, 2.24) is 9.80 Å². The van der Waals surface area contributed by atoms with Gasteiger partial charge in [0.1, 0.15) is 23.4 Å². The van der Waals surface area contributed by atoms with Crippen LogP contribution in [0.3, 0.4) is 0 Å². The minimum absolute atomic E-state index is 0. The molecule has 0 saturated carbocycles. The van der Waals surface area contributed by atoms with Gasteiger partial charge in [0.25, 0.3) is 5.91 Å². The Morgan fingerprint density at radius 2 is 1.52 bits per heavy atom. The van der Waals surface area contributed by atoms with Crippen LogP contribution in [0.15, 0.2) is 77.9 Å². The third kappa shape index (κ3) is 29.8. The summed E-state index contributed by atoms with van der Waals surface area (Å²) in [4.78, 5) is 52.0. The van der Waals surface area contributed by atoms with Gasteiger partial charge in [-0.3, -0.25) is 9.59 Å². The Morgan fingerprint density at radius 3 is 2.02 bits per heavy atom. The van der Waals surface area contributed by atoms with Crippen LogP contribution >= 0.6 is 11.6 Å². The van der Waals surface area contributed by atoms with Gasteiger partial charge in [-0.15, -0.1) is 0 Å². The summed E-state index contributed by atoms with van der Waals surface area (Å²) >= 11 is 6.88. The summed E-state index contributed by atoms with van der Waals surface area (Å²) in [6.07, 6.45) is 15.5. The molecule has 3 atom stereocenters. The third-order valence-electron chi connectivity index (χ3n) is 16.2. The molecule has 1 N–H and O–H groups in total. The first-order chi connectivity index (χ1) is 41.3. The molecule has 0 fully saturated rings. The van der Waals surface area contributed by atoms with Crippen molar-refractivity contribution in [2.24, 2.45) is 11.8 Å². The Bertz CT molecular complexity index is 2750. The largest absolute Gasteiger partial charge is 0.493 e. The molecule has 1 amide bonds. The van der Waals surface area contributed by atoms with E-state index in [9.17, 15) is 23.6 Å². The van der Waals surface area contributed by atoms with Crippen molar-refractivity contribution >= 4 is 63.5 Å². The third-order valence-corrected chi connectivity index (χ3v) is 16.5. The second-order valence-corrected chi connectivity index (χ2v) is 24.3. The van der Waals surface area contributed by atoms with Crippen LogP contribution in [0.4, 0.5) is 4.39 Å². The Labute approximate surface area is 564 Å². The first-order valence-electron chi connectivity index (χ1n) is 32.6. The van der Waals surface area contributed by atoms with Crippen LogP contribution in [0.2, 0.25) is 5.02 Å². The number of allylic oxidation sites excluding steroid dienone is 2. The number of amides is 1. The molecule has 3 unspecified atom stereocenters. The zero-order chi connectivity index (χ0) is 66.4. The number of ether oxygens (including phenoxy) is 2. The van der Waals surface area contributed by atoms with E-state index in [1.165, 1.54) is 88.0 Å². The topological polar surface area (TPSA) is 117 Å². The molecule has 0 saturated heterocycles. The van der Waals surface area contributed by atoms with Crippen LogP contribution in [-0.4, -0.2) is 117 Å². The molecule has 6 rings (SSSR count). The standard InChI is InChI=1S/C34H39ClFNO2.C17H21NO3.C7H17N.C7H16.C5H12.C3H7NO.C2H6.U/c1-7-25(21-38)29(11-9-19-39-32-12-8-10-26-20-27(36)13-14-30(26)32)28-15-16-31(35)34(23(28)3)33-22(2)17-18-37(5,6)24(33)4;1-4-16(20)15(8-6-12(3)19)18-10-13-7-5-11(2)9-14(13)17(18)21;1-4-6-8(3)7-5-2;1-4-6-7(3)5-2;1-4-5(2)3;1-5-3-2-4;1-2;/h8,10,12-16,20,24H,7,9,11,17-19H2,1-6H3;5,7,9,15H,4,6,8,10H2,1-3H3;4-7H2,1-3H3;7H,4-6H2,1-3H3;5H,4H2,1-3H3;2,4H,3H2,1H3;1-2H3;/b29-25+;;;;;;;. The zero-order valence-corrected chi connectivity index (χ0v) is 63.6. The van der Waals surface area contributed by atoms with Gasteiger partial charge in [0.15, 0.2) is 5.78 Å². The van der Waals surface area contributed by atoms with Gasteiger partial charge < -0.3 is 38.8 Å². The van der Waals surface area contributed by atoms with E-state index in [2.05, 4.69) is 113 Å². The summed E-state index contributed by atoms with van der Waals surface area (Å²) in [5.74, 6) is 2.28. The Kier molecular flexibility index (Phi) is 46.4. The number of hydrogen-bond acceptors (Lipinski definition) is 8. The Morgan fingerprint density at radius 1 is 0.886 bits per heavy atom. The Hall–Kier alpha value is -4.28. The maximum Gasteiger partial charge on any atom is 0.255 e. The number of methoxy groups -OCH3 is 1. The van der Waals surface area contributed by atoms with E-state index in [-0.39, 0.29) is 54.4 Å². The number of quaternary nitrogens is 1. The molecule has 88 heavy (non-hydrogen) atoms. The van der Waals surface area contributed by atoms with Crippen LogP contribution in [0.25, 0.3) is 21.9 Å². The number of carbonyl (C=O) groups is 3. The number of hydrogen-bond donors (Lipinski definition) is 1. The predicted octanol–water partition coefficient (Wildman–Crippen LogP) is 19.3. The van der Waals surface area contributed by atoms with Gasteiger partial charge >= 0.3 is 0 Å². The molecule has 0 bridgehead atoms. The molecule has 0 aromatic heterocycles. The van der Waals surface area contributed by atoms with Crippen molar-refractivity contribution in [3.8, 4) is 5.75 Å². The number of nitrogens with one attached hydrogen (secondary N) is 1. The molecular weight excluding hydrogens is 1350 g/mol. The monoisotopic (exact) mass is 1460 g/mol. The van der Waals surface area contributed by atoms with Gasteiger partial charge in [-0.05, 0) is 146 Å². The number of carbonyl (C=O) groups excluding carboxylic acids is 4. The molecule has 0 aliphatic carbocycles. The minimum atomic E-state index is -0.487. The number of ketones is 2. The maximum absolute atomic E-state index is 13.7. The first kappa shape index (κ1) is 85.8. The zero-order valence-electron chi connectivity index (χ0n) is 58.7. The van der Waals surface area contributed by atoms with Gasteiger partial charge in [0.05, 0.1) is 39.9 Å². The average molecular weight is 1460 g/mol. The van der Waals surface area contributed by atoms with E-state index in [1.807, 2.05) is 76.2 Å². The second-order valence-electron chi connectivity index (χ2n) is 23.9. The number of rotatable bonds is 25. The van der Waals surface area contributed by atoms with Crippen molar-refractivity contribution in [2.45, 2.75) is 220 Å². The summed E-state index contributed by atoms with van der Waals surface area (Å²) in [7, 11) is 8.29. The van der Waals surface area contributed by atoms with E-state index >= 15 is 0 Å². The molecular formula is C75H118ClFN4O6U. The van der Waals surface area contributed by atoms with E-state index in [0.29, 0.717) is 69.0 Å². The summed E-state index contributed by atoms with van der Waals surface area (Å²) in [6, 6.07) is 20.0. The molecule has 13 heteroatoms. The summed E-state index contributed by atoms with van der Waals surface area (Å²) < 4.78 is 25.2. The molecule has 10 nitrogen and oxygen atoms in total. The summed E-state index contributed by atoms with van der Waals surface area (Å²) in [5, 5.41) is 8.80. The quantitative estimate of drug-likeness (QED) is 0.0231. The van der Waals surface area contributed by atoms with E-state index in [0.717, 1.165) is 90.6 Å². The Balaban J connectivity index is 0. The van der Waals surface area contributed by atoms with Gasteiger partial charge in [-0.25, -0.2) is 4.39 Å². The van der Waals surface area contributed by atoms with E-state index in [4.69, 9.17) is 21.7 Å². The van der Waals surface area contributed by atoms with Crippen LogP contribution in [0, 0.1) is 68.0 Å². The second kappa shape index (κ2) is 47.6. The molecule has 2 aliphatic rings. The molecule has 4 aromatic carbocycles. The van der Waals surface area contributed by atoms with Crippen molar-refractivity contribution in [1.29, 1.82) is 5.41 Å². The van der Waals surface area contributed by atoms with Crippen molar-refractivity contribution in [2.75, 3.05) is 61.1 Å². The average Bonchev–Trinajstić information content (AvgIpc) is 2.65. The van der Waals surface area contributed by atoms with Crippen LogP contribution in [0.5, 0.6) is 5.75 Å². The maximum atomic E-state index is 13.7. The number of fused-ring (bicyclic) bond motifs is 2. The SMILES string of the molecule is CC.CC/C([C-]=O)=C(/CCCOc1cccc2cc(F)ccc12)c1ccc(Cl)c(C2=C(C)CC[N+](C)(C)C2C)c1C.CCC(=O)C(CCC(C)=O)N1Cc2ccc(C)cc2C1=O.CCC(C)C.CCCC(C)CC.CCCN(C)CCC.COCC=N.[U]. The number of benzene rings is 4. The van der Waals surface area contributed by atoms with Crippen LogP contribution in [-0.2, 0) is 25.7 Å². The van der Waals surface area contributed by atoms with E-state index in [1.54, 1.807) is 25.0 Å². The molecule has 2 heterocycles. The van der Waals surface area contributed by atoms with Crippen LogP contribution in [0.1, 0.15) is 226 Å². The smallest absolute Gasteiger partial charge is 0.255 e. The van der Waals surface area contributed by atoms with Gasteiger partial charge in [0.2, 0.25) is 0 Å². The van der Waals surface area contributed by atoms with Gasteiger partial charge in [-0.2, -0.15) is 11.1 Å². The molecule has 2 aliphatic heterocycles. The summed E-state index contributed by atoms with van der Waals surface area (Å²) in [6.45, 7) is 40.7. The fourth-order valence-electron chi connectivity index (χ4n) is 10.2. The minimum Gasteiger partial charge on any atom is -0.493 e. The normalized spacial score (nSPS) is 14.6. The number of nitrogens with zero attached hydrogens (tertiary/aromatic N) is 3. The predicted molar refractivity (Wildman–Crippen MR) is 371 cm³/mol. The number of likely N-dealkylation sites (N-methyl/N-ethyl adjacent to an activating group) is 1. The van der Waals surface area contributed by atoms with Gasteiger partial charge in [0, 0.05) is 97.4 Å². The number of Topliss-reactive ketones (excluding diaryl/α,β-unsaturated/α-hetero) is 2. The van der Waals surface area contributed by atoms with Gasteiger partial charge in [-0.1, -0.05) is 186 Å². The molecule has 0 radical (unpaired) electrons. The fourth-order valence-corrected chi connectivity index (χ4v) is 10.5. The first-order valence-corrected chi connectivity index (χ1v) is 33.0. The molecule has 492 valence electrons. The van der Waals surface area contributed by atoms with Crippen molar-refractivity contribution in [3.05, 3.63) is 122 Å². The fraction of sp³-hybridized carbons (Fsp3) is 0.587. The molecule has 0 spiro atoms. The number of aryl methyl sites for hydroxylation is 1. The van der Waals surface area contributed by atoms with E-state index < -0.39 is 6.04 Å². The number of halogens is 2. The molecule has 4 aromatic rings.